The van der Waals surface area contributed by atoms with Crippen molar-refractivity contribution in [3.8, 4) is 0 Å². The Kier molecular flexibility index (Phi) is 5.70. The number of hydrogen-bond acceptors (Lipinski definition) is 3. The summed E-state index contributed by atoms with van der Waals surface area (Å²) in [7, 11) is 0. The third-order valence-corrected chi connectivity index (χ3v) is 2.71. The van der Waals surface area contributed by atoms with Gasteiger partial charge in [0, 0.05) is 6.42 Å². The maximum Gasteiger partial charge on any atom is 2.00 e. The maximum atomic E-state index is 11.8. The van der Waals surface area contributed by atoms with E-state index in [4.69, 9.17) is 11.6 Å². The average molecular weight is 449 g/mol. The summed E-state index contributed by atoms with van der Waals surface area (Å²) in [6.45, 7) is 0. The van der Waals surface area contributed by atoms with Gasteiger partial charge in [0.25, 0.3) is 0 Å². The minimum Gasteiger partial charge on any atom is -0.684 e. The number of halogens is 1. The standard InChI is InChI=1S/C12H10ClN2O3.W/c13-8-3-1-2-7(6-8)11(17)14-9-4-5-10(16)15-12(9)18;/h1,3,6,9H,4-5H2,(H2,14,15,16,17,18);/q-1;+2/p-1. The molecule has 0 saturated carbocycles. The molecule has 0 bridgehead atoms. The summed E-state index contributed by atoms with van der Waals surface area (Å²) in [5.41, 5.74) is 0.201. The van der Waals surface area contributed by atoms with Gasteiger partial charge in [-0.25, -0.2) is 0 Å². The minimum atomic E-state index is -0.817. The molecule has 98 valence electrons. The van der Waals surface area contributed by atoms with Crippen LogP contribution in [0.4, 0.5) is 0 Å². The zero-order valence-electron chi connectivity index (χ0n) is 9.68. The Balaban J connectivity index is 0.00000180. The normalized spacial score (nSPS) is 18.3. The van der Waals surface area contributed by atoms with Crippen molar-refractivity contribution < 1.29 is 35.4 Å². The Morgan fingerprint density at radius 3 is 2.84 bits per heavy atom. The largest absolute Gasteiger partial charge is 2.00 e. The van der Waals surface area contributed by atoms with Crippen molar-refractivity contribution in [2.45, 2.75) is 18.9 Å². The molecule has 1 atom stereocenters. The van der Waals surface area contributed by atoms with Gasteiger partial charge in [-0.1, -0.05) is 0 Å². The Morgan fingerprint density at radius 1 is 1.47 bits per heavy atom. The Hall–Kier alpha value is -1.19. The van der Waals surface area contributed by atoms with E-state index in [1.807, 2.05) is 0 Å². The van der Waals surface area contributed by atoms with Gasteiger partial charge in [0.05, 0.1) is 0 Å². The molecule has 2 rings (SSSR count). The Bertz CT molecular complexity index is 521. The molecule has 1 aromatic carbocycles. The van der Waals surface area contributed by atoms with Crippen molar-refractivity contribution >= 4 is 29.3 Å². The van der Waals surface area contributed by atoms with Gasteiger partial charge in [-0.3, -0.25) is 14.9 Å². The molecule has 1 fully saturated rings. The molecule has 1 heterocycles. The molecular formula is C12H9ClN2O3W. The molecule has 0 aromatic heterocycles. The van der Waals surface area contributed by atoms with Gasteiger partial charge in [0.15, 0.2) is 0 Å². The maximum absolute atomic E-state index is 11.8. The summed E-state index contributed by atoms with van der Waals surface area (Å²) in [5.74, 6) is -1.44. The van der Waals surface area contributed by atoms with Crippen molar-refractivity contribution in [1.29, 1.82) is 0 Å². The second-order valence-corrected chi connectivity index (χ2v) is 4.26. The van der Waals surface area contributed by atoms with Crippen LogP contribution in [0.15, 0.2) is 18.2 Å². The summed E-state index contributed by atoms with van der Waals surface area (Å²) in [6, 6.07) is 6.41. The first-order chi connectivity index (χ1) is 8.56. The van der Waals surface area contributed by atoms with Crippen molar-refractivity contribution in [2.75, 3.05) is 0 Å². The quantitative estimate of drug-likeness (QED) is 0.550. The van der Waals surface area contributed by atoms with Crippen molar-refractivity contribution in [2.24, 2.45) is 0 Å². The summed E-state index contributed by atoms with van der Waals surface area (Å²) >= 11 is 5.74. The van der Waals surface area contributed by atoms with Gasteiger partial charge in [0.2, 0.25) is 11.8 Å². The third kappa shape index (κ3) is 4.15. The number of hydrogen-bond donors (Lipinski definition) is 1. The van der Waals surface area contributed by atoms with Crippen LogP contribution in [0.3, 0.4) is 0 Å². The van der Waals surface area contributed by atoms with Crippen LogP contribution < -0.4 is 5.32 Å². The summed E-state index contributed by atoms with van der Waals surface area (Å²) in [4.78, 5) is 34.1. The van der Waals surface area contributed by atoms with Crippen molar-refractivity contribution in [1.82, 2.24) is 5.32 Å². The molecule has 0 radical (unpaired) electrons. The average Bonchev–Trinajstić information content (AvgIpc) is 2.32. The number of amides is 3. The third-order valence-electron chi connectivity index (χ3n) is 2.48. The zero-order chi connectivity index (χ0) is 13.1. The molecule has 1 aliphatic rings. The molecule has 0 spiro atoms. The van der Waals surface area contributed by atoms with Crippen LogP contribution in [0.2, 0.25) is 5.02 Å². The van der Waals surface area contributed by atoms with Crippen LogP contribution in [-0.2, 0) is 30.7 Å². The topological polar surface area (TPSA) is 77.3 Å². The van der Waals surface area contributed by atoms with Gasteiger partial charge >= 0.3 is 21.1 Å². The minimum absolute atomic E-state index is 0. The first kappa shape index (κ1) is 15.9. The molecule has 5 nitrogen and oxygen atoms in total. The number of imide groups is 1. The molecule has 7 heteroatoms. The monoisotopic (exact) mass is 448 g/mol. The smallest absolute Gasteiger partial charge is 0.684 e. The summed E-state index contributed by atoms with van der Waals surface area (Å²) in [6.07, 6.45) is 0.434. The molecule has 3 amide bonds. The fourth-order valence-corrected chi connectivity index (χ4v) is 1.75. The molecular weight excluding hydrogens is 439 g/mol. The second-order valence-electron chi connectivity index (χ2n) is 3.82. The Labute approximate surface area is 129 Å². The van der Waals surface area contributed by atoms with Gasteiger partial charge in [-0.2, -0.15) is 0 Å². The molecule has 1 unspecified atom stereocenters. The zero-order valence-corrected chi connectivity index (χ0v) is 13.4. The van der Waals surface area contributed by atoms with E-state index in [2.05, 4.69) is 16.7 Å². The van der Waals surface area contributed by atoms with E-state index in [1.54, 1.807) is 6.07 Å². The van der Waals surface area contributed by atoms with E-state index in [0.29, 0.717) is 5.02 Å². The van der Waals surface area contributed by atoms with E-state index in [1.165, 1.54) is 12.1 Å². The SMILES string of the molecule is O=C1CCC([N-]C(=O)c2[c-]ccc(Cl)c2)C(=O)N1.[W+2]. The van der Waals surface area contributed by atoms with Crippen LogP contribution in [-0.4, -0.2) is 23.8 Å². The number of carbonyl (C=O) groups excluding carboxylic acids is 3. The molecule has 0 aliphatic carbocycles. The molecule has 1 N–H and O–H groups in total. The summed E-state index contributed by atoms with van der Waals surface area (Å²) in [5, 5.41) is 6.31. The van der Waals surface area contributed by atoms with Gasteiger partial charge in [-0.05, 0) is 23.4 Å². The molecule has 1 aliphatic heterocycles. The van der Waals surface area contributed by atoms with Crippen LogP contribution in [0.5, 0.6) is 0 Å². The fraction of sp³-hybridized carbons (Fsp3) is 0.250. The number of carbonyl (C=O) groups is 3. The van der Waals surface area contributed by atoms with Crippen molar-refractivity contribution in [3.63, 3.8) is 0 Å². The molecule has 1 aromatic rings. The second kappa shape index (κ2) is 6.82. The van der Waals surface area contributed by atoms with E-state index in [0.717, 1.165) is 0 Å². The molecule has 19 heavy (non-hydrogen) atoms. The predicted octanol–water partition coefficient (Wildman–Crippen LogP) is 1.46. The number of nitrogens with one attached hydrogen (secondary N) is 1. The van der Waals surface area contributed by atoms with Crippen LogP contribution >= 0.6 is 11.6 Å². The number of benzene rings is 1. The number of rotatable bonds is 2. The van der Waals surface area contributed by atoms with Gasteiger partial charge < -0.3 is 10.1 Å². The summed E-state index contributed by atoms with van der Waals surface area (Å²) < 4.78 is 0. The first-order valence-electron chi connectivity index (χ1n) is 5.32. The van der Waals surface area contributed by atoms with Crippen LogP contribution in [0.1, 0.15) is 23.2 Å². The predicted molar refractivity (Wildman–Crippen MR) is 64.1 cm³/mol. The van der Waals surface area contributed by atoms with E-state index < -0.39 is 17.9 Å². The number of nitrogens with zero attached hydrogens (tertiary/aromatic N) is 1. The number of piperidine rings is 1. The van der Waals surface area contributed by atoms with Crippen molar-refractivity contribution in [3.05, 3.63) is 40.2 Å². The van der Waals surface area contributed by atoms with Gasteiger partial charge in [-0.15, -0.1) is 41.4 Å². The van der Waals surface area contributed by atoms with E-state index in [-0.39, 0.29) is 45.4 Å². The van der Waals surface area contributed by atoms with E-state index >= 15 is 0 Å². The van der Waals surface area contributed by atoms with E-state index in [9.17, 15) is 14.4 Å². The van der Waals surface area contributed by atoms with Crippen LogP contribution in [0.25, 0.3) is 5.32 Å². The molecule has 1 saturated heterocycles. The first-order valence-corrected chi connectivity index (χ1v) is 5.70. The van der Waals surface area contributed by atoms with Gasteiger partial charge in [0.1, 0.15) is 0 Å². The fourth-order valence-electron chi connectivity index (χ4n) is 1.58. The van der Waals surface area contributed by atoms with Crippen LogP contribution in [0, 0.1) is 6.07 Å². The Morgan fingerprint density at radius 2 is 2.21 bits per heavy atom.